The third-order valence-electron chi connectivity index (χ3n) is 8.35. The van der Waals surface area contributed by atoms with Gasteiger partial charge in [0.2, 0.25) is 11.9 Å². The predicted molar refractivity (Wildman–Crippen MR) is 90.6 cm³/mol. The largest absolute Gasteiger partial charge is 0.459 e. The van der Waals surface area contributed by atoms with Crippen LogP contribution in [0.15, 0.2) is 11.1 Å². The molecule has 3 saturated heterocycles. The van der Waals surface area contributed by atoms with Crippen molar-refractivity contribution in [3.05, 3.63) is 11.1 Å². The van der Waals surface area contributed by atoms with Gasteiger partial charge < -0.3 is 29.2 Å². The van der Waals surface area contributed by atoms with Gasteiger partial charge in [0.25, 0.3) is 0 Å². The topological polar surface area (TPSA) is 129 Å². The molecule has 5 fully saturated rings. The van der Waals surface area contributed by atoms with Crippen LogP contribution >= 0.6 is 0 Å². The summed E-state index contributed by atoms with van der Waals surface area (Å²) in [6, 6.07) is 0. The van der Waals surface area contributed by atoms with Crippen molar-refractivity contribution in [3.8, 4) is 0 Å². The maximum atomic E-state index is 13.3. The van der Waals surface area contributed by atoms with Gasteiger partial charge in [-0.05, 0) is 24.7 Å². The smallest absolute Gasteiger partial charge is 0.344 e. The lowest BCUT2D eigenvalue weighted by Gasteiger charge is -2.47. The molecule has 0 amide bonds. The zero-order valence-electron chi connectivity index (χ0n) is 16.4. The number of aliphatic hydroxyl groups is 2. The van der Waals surface area contributed by atoms with E-state index >= 15 is 0 Å². The van der Waals surface area contributed by atoms with Gasteiger partial charge in [0.05, 0.1) is 10.8 Å². The highest BCUT2D eigenvalue weighted by Gasteiger charge is 2.99. The molecule has 0 aromatic rings. The van der Waals surface area contributed by atoms with Crippen molar-refractivity contribution in [2.75, 3.05) is 0 Å². The van der Waals surface area contributed by atoms with E-state index in [0.29, 0.717) is 6.42 Å². The summed E-state index contributed by atoms with van der Waals surface area (Å²) < 4.78 is 22.8. The van der Waals surface area contributed by atoms with Gasteiger partial charge in [-0.15, -0.1) is 0 Å². The van der Waals surface area contributed by atoms with Gasteiger partial charge in [-0.25, -0.2) is 14.4 Å². The average Bonchev–Trinajstić information content (AvgIpc) is 3.34. The van der Waals surface area contributed by atoms with E-state index in [-0.39, 0.29) is 17.1 Å². The molecule has 6 aliphatic rings. The number of fused-ring (bicyclic) bond motifs is 1. The van der Waals surface area contributed by atoms with Gasteiger partial charge in [0, 0.05) is 11.1 Å². The maximum absolute atomic E-state index is 13.3. The quantitative estimate of drug-likeness (QED) is 0.407. The molecule has 2 N–H and O–H groups in total. The fraction of sp³-hybridized carbons (Fsp3) is 0.750. The summed E-state index contributed by atoms with van der Waals surface area (Å²) in [5.41, 5.74) is -4.76. The summed E-state index contributed by atoms with van der Waals surface area (Å²) in [5.74, 6) is -2.59. The highest BCUT2D eigenvalue weighted by Crippen LogP contribution is 2.83. The van der Waals surface area contributed by atoms with Crippen LogP contribution in [-0.2, 0) is 33.3 Å². The van der Waals surface area contributed by atoms with Crippen molar-refractivity contribution < 1.29 is 43.5 Å². The molecule has 29 heavy (non-hydrogen) atoms. The minimum Gasteiger partial charge on any atom is -0.459 e. The lowest BCUT2D eigenvalue weighted by atomic mass is 9.51. The van der Waals surface area contributed by atoms with Crippen LogP contribution in [0.4, 0.5) is 0 Å². The summed E-state index contributed by atoms with van der Waals surface area (Å²) in [5, 5.41) is 22.8. The van der Waals surface area contributed by atoms with E-state index in [4.69, 9.17) is 18.9 Å². The Hall–Kier alpha value is -1.97. The summed E-state index contributed by atoms with van der Waals surface area (Å²) in [6.07, 6.45) is -5.81. The molecule has 4 aliphatic heterocycles. The Morgan fingerprint density at radius 2 is 1.76 bits per heavy atom. The van der Waals surface area contributed by atoms with Crippen molar-refractivity contribution in [2.24, 2.45) is 22.2 Å². The van der Waals surface area contributed by atoms with Gasteiger partial charge in [-0.1, -0.05) is 20.8 Å². The lowest BCUT2D eigenvalue weighted by molar-refractivity contribution is -0.193. The minimum atomic E-state index is -1.83. The zero-order valence-corrected chi connectivity index (χ0v) is 16.4. The van der Waals surface area contributed by atoms with Gasteiger partial charge in [-0.2, -0.15) is 0 Å². The molecule has 4 heterocycles. The first-order chi connectivity index (χ1) is 13.5. The third kappa shape index (κ3) is 1.36. The van der Waals surface area contributed by atoms with Crippen LogP contribution in [0.2, 0.25) is 0 Å². The van der Waals surface area contributed by atoms with Crippen molar-refractivity contribution in [2.45, 2.75) is 70.4 Å². The van der Waals surface area contributed by atoms with E-state index in [0.717, 1.165) is 0 Å². The Labute approximate surface area is 165 Å². The molecule has 2 aliphatic carbocycles. The number of esters is 3. The van der Waals surface area contributed by atoms with Crippen LogP contribution in [0.25, 0.3) is 0 Å². The van der Waals surface area contributed by atoms with Crippen LogP contribution in [-0.4, -0.2) is 64.4 Å². The number of ether oxygens (including phenoxy) is 4. The lowest BCUT2D eigenvalue weighted by Crippen LogP contribution is -2.62. The van der Waals surface area contributed by atoms with E-state index in [1.165, 1.54) is 6.92 Å². The molecule has 9 atom stereocenters. The van der Waals surface area contributed by atoms with Gasteiger partial charge in [0.15, 0.2) is 12.2 Å². The van der Waals surface area contributed by atoms with Crippen LogP contribution in [0.5, 0.6) is 0 Å². The SMILES string of the molecule is CC1=C2[C@@H](OC1=O)[C@H](O)[C@@]13[C@H]4C[C@@H](C(C)(C)C)[C@]15[C@@H](OC(=O)[C@@H]5O)O[C@@]23C(=O)O4. The van der Waals surface area contributed by atoms with E-state index < -0.39 is 70.5 Å². The fourth-order valence-corrected chi connectivity index (χ4v) is 7.64. The Morgan fingerprint density at radius 3 is 2.41 bits per heavy atom. The first-order valence-electron chi connectivity index (χ1n) is 9.85. The highest BCUT2D eigenvalue weighted by atomic mass is 16.7. The second-order valence-corrected chi connectivity index (χ2v) is 10.1. The second-order valence-electron chi connectivity index (χ2n) is 10.1. The number of hydrogen-bond acceptors (Lipinski definition) is 9. The molecule has 0 aromatic carbocycles. The molecular formula is C20H22O9. The monoisotopic (exact) mass is 406 g/mol. The molecule has 0 aromatic heterocycles. The molecule has 0 bridgehead atoms. The average molecular weight is 406 g/mol. The highest BCUT2D eigenvalue weighted by molar-refractivity contribution is 6.00. The predicted octanol–water partition coefficient (Wildman–Crippen LogP) is -0.420. The first-order valence-corrected chi connectivity index (χ1v) is 9.85. The number of carbonyl (C=O) groups excluding carboxylic acids is 3. The molecule has 156 valence electrons. The van der Waals surface area contributed by atoms with Crippen molar-refractivity contribution in [1.29, 1.82) is 0 Å². The molecule has 6 rings (SSSR count). The van der Waals surface area contributed by atoms with E-state index in [2.05, 4.69) is 0 Å². The van der Waals surface area contributed by atoms with Crippen LogP contribution < -0.4 is 0 Å². The summed E-state index contributed by atoms with van der Waals surface area (Å²) in [7, 11) is 0. The summed E-state index contributed by atoms with van der Waals surface area (Å²) >= 11 is 0. The molecule has 2 spiro atoms. The molecule has 9 nitrogen and oxygen atoms in total. The maximum Gasteiger partial charge on any atom is 0.344 e. The minimum absolute atomic E-state index is 0.179. The van der Waals surface area contributed by atoms with Gasteiger partial charge in [0.1, 0.15) is 12.2 Å². The van der Waals surface area contributed by atoms with Crippen LogP contribution in [0.3, 0.4) is 0 Å². The van der Waals surface area contributed by atoms with Gasteiger partial charge >= 0.3 is 17.9 Å². The Balaban J connectivity index is 1.73. The number of aliphatic hydroxyl groups excluding tert-OH is 2. The van der Waals surface area contributed by atoms with Crippen LogP contribution in [0.1, 0.15) is 34.1 Å². The molecule has 9 heteroatoms. The summed E-state index contributed by atoms with van der Waals surface area (Å²) in [4.78, 5) is 38.0. The van der Waals surface area contributed by atoms with Crippen molar-refractivity contribution >= 4 is 17.9 Å². The Bertz CT molecular complexity index is 946. The Morgan fingerprint density at radius 1 is 1.07 bits per heavy atom. The first kappa shape index (κ1) is 17.9. The Kier molecular flexibility index (Phi) is 2.79. The molecule has 0 unspecified atom stereocenters. The van der Waals surface area contributed by atoms with Crippen molar-refractivity contribution in [3.63, 3.8) is 0 Å². The molecule has 2 saturated carbocycles. The second kappa shape index (κ2) is 4.53. The van der Waals surface area contributed by atoms with E-state index in [1.807, 2.05) is 20.8 Å². The van der Waals surface area contributed by atoms with Crippen molar-refractivity contribution in [1.82, 2.24) is 0 Å². The third-order valence-corrected chi connectivity index (χ3v) is 8.35. The number of carbonyl (C=O) groups is 3. The normalized spacial score (nSPS) is 54.2. The van der Waals surface area contributed by atoms with E-state index in [1.54, 1.807) is 0 Å². The van der Waals surface area contributed by atoms with E-state index in [9.17, 15) is 24.6 Å². The fourth-order valence-electron chi connectivity index (χ4n) is 7.64. The molecular weight excluding hydrogens is 384 g/mol. The number of rotatable bonds is 0. The summed E-state index contributed by atoms with van der Waals surface area (Å²) in [6.45, 7) is 7.41. The molecule has 0 radical (unpaired) electrons. The zero-order chi connectivity index (χ0) is 20.9. The standard InChI is InChI=1S/C20H22O9/c1-6-9-10(27-13(6)23)11(21)19-8-5-7(17(2,3)4)18(19)12(22)14(24)28-16(18)29-20(9,19)15(25)26-8/h7-8,10-12,16,21-22H,5H2,1-4H3/t7-,8+,10+,11-,12-,16-,18-,19-,20+/m0/s1. The van der Waals surface area contributed by atoms with Crippen LogP contribution in [0, 0.1) is 22.2 Å². The number of hydrogen-bond donors (Lipinski definition) is 2. The van der Waals surface area contributed by atoms with Gasteiger partial charge in [-0.3, -0.25) is 0 Å².